The SMILES string of the molecule is COc1ccc([C@@H]2c3[nH]c4ccccc4c3C[C@@H]3C(=O)N(C4CCCC4)CC(=O)N23)cc1Cl. The third-order valence-corrected chi connectivity index (χ3v) is 7.85. The number of carbonyl (C=O) groups is 2. The molecule has 2 fully saturated rings. The molecule has 2 aromatic carbocycles. The molecule has 0 radical (unpaired) electrons. The van der Waals surface area contributed by atoms with Gasteiger partial charge in [-0.15, -0.1) is 0 Å². The Morgan fingerprint density at radius 2 is 1.88 bits per heavy atom. The average Bonchev–Trinajstić information content (AvgIpc) is 3.48. The number of rotatable bonds is 3. The molecule has 7 heteroatoms. The molecule has 0 unspecified atom stereocenters. The minimum Gasteiger partial charge on any atom is -0.495 e. The number of fused-ring (bicyclic) bond motifs is 4. The van der Waals surface area contributed by atoms with Crippen molar-refractivity contribution in [2.24, 2.45) is 0 Å². The van der Waals surface area contributed by atoms with Gasteiger partial charge in [0.2, 0.25) is 11.8 Å². The fraction of sp³-hybridized carbons (Fsp3) is 0.385. The van der Waals surface area contributed by atoms with Crippen molar-refractivity contribution >= 4 is 34.3 Å². The van der Waals surface area contributed by atoms with Crippen LogP contribution in [0.1, 0.15) is 48.5 Å². The molecule has 6 nitrogen and oxygen atoms in total. The van der Waals surface area contributed by atoms with E-state index in [4.69, 9.17) is 16.3 Å². The van der Waals surface area contributed by atoms with Crippen LogP contribution in [0.15, 0.2) is 42.5 Å². The zero-order chi connectivity index (χ0) is 22.7. The van der Waals surface area contributed by atoms with Gasteiger partial charge in [0.1, 0.15) is 18.3 Å². The smallest absolute Gasteiger partial charge is 0.246 e. The van der Waals surface area contributed by atoms with Crippen LogP contribution in [0.3, 0.4) is 0 Å². The summed E-state index contributed by atoms with van der Waals surface area (Å²) in [7, 11) is 1.58. The summed E-state index contributed by atoms with van der Waals surface area (Å²) in [6, 6.07) is 13.0. The molecule has 3 aliphatic rings. The van der Waals surface area contributed by atoms with Crippen LogP contribution >= 0.6 is 11.6 Å². The summed E-state index contributed by atoms with van der Waals surface area (Å²) in [5.41, 5.74) is 3.95. The molecule has 3 aromatic rings. The van der Waals surface area contributed by atoms with Crippen molar-refractivity contribution in [1.82, 2.24) is 14.8 Å². The summed E-state index contributed by atoms with van der Waals surface area (Å²) in [4.78, 5) is 34.6. The Kier molecular flexibility index (Phi) is 4.87. The van der Waals surface area contributed by atoms with Crippen LogP contribution in [0, 0.1) is 0 Å². The van der Waals surface area contributed by atoms with Crippen molar-refractivity contribution in [3.63, 3.8) is 0 Å². The second kappa shape index (κ2) is 7.80. The van der Waals surface area contributed by atoms with Gasteiger partial charge in [-0.1, -0.05) is 48.7 Å². The normalized spacial score (nSPS) is 23.2. The number of methoxy groups -OCH3 is 1. The highest BCUT2D eigenvalue weighted by atomic mass is 35.5. The van der Waals surface area contributed by atoms with Crippen molar-refractivity contribution in [2.75, 3.05) is 13.7 Å². The molecule has 0 spiro atoms. The summed E-state index contributed by atoms with van der Waals surface area (Å²) in [5.74, 6) is 0.646. The zero-order valence-electron chi connectivity index (χ0n) is 18.5. The Morgan fingerprint density at radius 3 is 2.64 bits per heavy atom. The summed E-state index contributed by atoms with van der Waals surface area (Å²) in [6.07, 6.45) is 4.74. The highest BCUT2D eigenvalue weighted by Gasteiger charge is 2.49. The van der Waals surface area contributed by atoms with Gasteiger partial charge in [0, 0.05) is 29.1 Å². The fourth-order valence-electron chi connectivity index (χ4n) is 6.01. The van der Waals surface area contributed by atoms with E-state index in [0.29, 0.717) is 17.2 Å². The summed E-state index contributed by atoms with van der Waals surface area (Å²) < 4.78 is 5.34. The number of hydrogen-bond donors (Lipinski definition) is 1. The Hall–Kier alpha value is -2.99. The van der Waals surface area contributed by atoms with Crippen LogP contribution in [0.25, 0.3) is 10.9 Å². The molecule has 0 bridgehead atoms. The van der Waals surface area contributed by atoms with Crippen LogP contribution in [0.2, 0.25) is 5.02 Å². The van der Waals surface area contributed by atoms with Crippen molar-refractivity contribution in [2.45, 2.75) is 50.2 Å². The van der Waals surface area contributed by atoms with E-state index in [1.54, 1.807) is 12.0 Å². The summed E-state index contributed by atoms with van der Waals surface area (Å²) >= 11 is 6.49. The van der Waals surface area contributed by atoms with Crippen LogP contribution in [-0.2, 0) is 16.0 Å². The first-order chi connectivity index (χ1) is 16.1. The van der Waals surface area contributed by atoms with Gasteiger partial charge in [0.25, 0.3) is 0 Å². The van der Waals surface area contributed by atoms with Crippen LogP contribution in [0.5, 0.6) is 5.75 Å². The third kappa shape index (κ3) is 3.15. The molecule has 1 aliphatic carbocycles. The monoisotopic (exact) mass is 463 g/mol. The number of hydrogen-bond acceptors (Lipinski definition) is 3. The number of nitrogens with zero attached hydrogens (tertiary/aromatic N) is 2. The lowest BCUT2D eigenvalue weighted by Gasteiger charge is -2.48. The average molecular weight is 464 g/mol. The summed E-state index contributed by atoms with van der Waals surface area (Å²) in [6.45, 7) is 0.149. The van der Waals surface area contributed by atoms with E-state index < -0.39 is 12.1 Å². The molecule has 1 aromatic heterocycles. The molecule has 33 heavy (non-hydrogen) atoms. The molecule has 2 amide bonds. The van der Waals surface area contributed by atoms with Gasteiger partial charge < -0.3 is 19.5 Å². The lowest BCUT2D eigenvalue weighted by molar-refractivity contribution is -0.160. The Morgan fingerprint density at radius 1 is 1.09 bits per heavy atom. The molecule has 6 rings (SSSR count). The molecule has 1 N–H and O–H groups in total. The van der Waals surface area contributed by atoms with E-state index in [2.05, 4.69) is 11.1 Å². The molecule has 2 atom stereocenters. The Balaban J connectivity index is 1.51. The number of aromatic nitrogens is 1. The molecule has 2 aliphatic heterocycles. The van der Waals surface area contributed by atoms with Gasteiger partial charge in [-0.3, -0.25) is 9.59 Å². The first kappa shape index (κ1) is 20.6. The minimum atomic E-state index is -0.510. The van der Waals surface area contributed by atoms with Gasteiger partial charge in [-0.2, -0.15) is 0 Å². The van der Waals surface area contributed by atoms with Gasteiger partial charge >= 0.3 is 0 Å². The second-order valence-electron chi connectivity index (χ2n) is 9.28. The number of halogens is 1. The van der Waals surface area contributed by atoms with E-state index in [1.807, 2.05) is 41.3 Å². The maximum Gasteiger partial charge on any atom is 0.246 e. The number of amides is 2. The molecule has 1 saturated carbocycles. The van der Waals surface area contributed by atoms with Crippen molar-refractivity contribution in [3.8, 4) is 5.75 Å². The van der Waals surface area contributed by atoms with Crippen molar-refractivity contribution in [3.05, 3.63) is 64.3 Å². The Bertz CT molecular complexity index is 1260. The number of ether oxygens (including phenoxy) is 1. The largest absolute Gasteiger partial charge is 0.495 e. The topological polar surface area (TPSA) is 65.6 Å². The molecular formula is C26H26ClN3O3. The zero-order valence-corrected chi connectivity index (χ0v) is 19.3. The number of aromatic amines is 1. The van der Waals surface area contributed by atoms with Crippen LogP contribution < -0.4 is 4.74 Å². The standard InChI is InChI=1S/C26H26ClN3O3/c1-33-22-11-10-15(12-19(22)27)25-24-18(17-8-4-5-9-20(17)28-24)13-21-26(32)29(14-23(31)30(21)25)16-6-2-3-7-16/h4-5,8-12,16,21,25,28H,2-3,6-7,13-14H2,1H3/t21-,25-/m1/s1. The summed E-state index contributed by atoms with van der Waals surface area (Å²) in [5, 5.41) is 1.59. The van der Waals surface area contributed by atoms with Gasteiger partial charge in [0.15, 0.2) is 0 Å². The van der Waals surface area contributed by atoms with E-state index in [0.717, 1.165) is 53.4 Å². The third-order valence-electron chi connectivity index (χ3n) is 7.55. The van der Waals surface area contributed by atoms with Crippen molar-refractivity contribution in [1.29, 1.82) is 0 Å². The minimum absolute atomic E-state index is 0.00672. The highest BCUT2D eigenvalue weighted by molar-refractivity contribution is 6.32. The lowest BCUT2D eigenvalue weighted by atomic mass is 9.86. The van der Waals surface area contributed by atoms with Crippen molar-refractivity contribution < 1.29 is 14.3 Å². The Labute approximate surface area is 197 Å². The van der Waals surface area contributed by atoms with E-state index in [9.17, 15) is 9.59 Å². The highest BCUT2D eigenvalue weighted by Crippen LogP contribution is 2.44. The van der Waals surface area contributed by atoms with Gasteiger partial charge in [0.05, 0.1) is 18.2 Å². The van der Waals surface area contributed by atoms with E-state index >= 15 is 0 Å². The van der Waals surface area contributed by atoms with E-state index in [1.165, 1.54) is 0 Å². The number of carbonyl (C=O) groups excluding carboxylic acids is 2. The fourth-order valence-corrected chi connectivity index (χ4v) is 6.28. The maximum absolute atomic E-state index is 13.8. The quantitative estimate of drug-likeness (QED) is 0.623. The maximum atomic E-state index is 13.8. The van der Waals surface area contributed by atoms with E-state index in [-0.39, 0.29) is 24.4 Å². The number of para-hydroxylation sites is 1. The first-order valence-electron chi connectivity index (χ1n) is 11.6. The first-order valence-corrected chi connectivity index (χ1v) is 12.0. The lowest BCUT2D eigenvalue weighted by Crippen LogP contribution is -2.64. The van der Waals surface area contributed by atoms with Gasteiger partial charge in [-0.05, 0) is 42.2 Å². The predicted octanol–water partition coefficient (Wildman–Crippen LogP) is 4.46. The number of benzene rings is 2. The van der Waals surface area contributed by atoms with Crippen LogP contribution in [-0.4, -0.2) is 52.3 Å². The number of piperazine rings is 1. The molecule has 1 saturated heterocycles. The molecule has 3 heterocycles. The second-order valence-corrected chi connectivity index (χ2v) is 9.69. The number of nitrogens with one attached hydrogen (secondary N) is 1. The van der Waals surface area contributed by atoms with Gasteiger partial charge in [-0.25, -0.2) is 0 Å². The number of H-pyrrole nitrogens is 1. The molecular weight excluding hydrogens is 438 g/mol. The molecule has 170 valence electrons. The van der Waals surface area contributed by atoms with Crippen LogP contribution in [0.4, 0.5) is 0 Å². The predicted molar refractivity (Wildman–Crippen MR) is 126 cm³/mol.